The number of hydrogen-bond donors (Lipinski definition) is 3. The van der Waals surface area contributed by atoms with Crippen LogP contribution in [0.1, 0.15) is 35.1 Å². The molecule has 3 aromatic carbocycles. The number of benzene rings is 3. The zero-order valence-electron chi connectivity index (χ0n) is 19.5. The Labute approximate surface area is 199 Å². The van der Waals surface area contributed by atoms with Crippen LogP contribution in [0.2, 0.25) is 0 Å². The number of para-hydroxylation sites is 2. The van der Waals surface area contributed by atoms with E-state index in [4.69, 9.17) is 9.47 Å². The second-order valence-electron chi connectivity index (χ2n) is 8.85. The average molecular weight is 457 g/mol. The first-order valence-corrected chi connectivity index (χ1v) is 11.4. The molecule has 0 radical (unpaired) electrons. The number of ether oxygens (including phenoxy) is 2. The van der Waals surface area contributed by atoms with Crippen molar-refractivity contribution < 1.29 is 19.4 Å². The molecule has 1 heterocycles. The lowest BCUT2D eigenvalue weighted by molar-refractivity contribution is -0.122. The first kappa shape index (κ1) is 21.9. The van der Waals surface area contributed by atoms with Crippen molar-refractivity contribution in [3.05, 3.63) is 89.1 Å². The Hall–Kier alpha value is -3.93. The van der Waals surface area contributed by atoms with Crippen LogP contribution in [0.5, 0.6) is 17.2 Å². The van der Waals surface area contributed by atoms with Crippen LogP contribution in [-0.2, 0) is 4.79 Å². The molecule has 0 spiro atoms. The number of carbonyl (C=O) groups excluding carboxylic acids is 1. The van der Waals surface area contributed by atoms with Gasteiger partial charge in [-0.1, -0.05) is 48.0 Å². The van der Waals surface area contributed by atoms with Crippen LogP contribution in [0.3, 0.4) is 0 Å². The summed E-state index contributed by atoms with van der Waals surface area (Å²) in [5.74, 6) is 0.244. The van der Waals surface area contributed by atoms with Gasteiger partial charge in [0, 0.05) is 18.0 Å². The highest BCUT2D eigenvalue weighted by atomic mass is 16.5. The van der Waals surface area contributed by atoms with E-state index in [1.54, 1.807) is 12.1 Å². The van der Waals surface area contributed by atoms with Crippen molar-refractivity contribution in [2.24, 2.45) is 5.92 Å². The van der Waals surface area contributed by atoms with Crippen LogP contribution in [0.4, 0.5) is 11.4 Å². The fraction of sp³-hybridized carbons (Fsp3) is 0.250. The van der Waals surface area contributed by atoms with Crippen molar-refractivity contribution in [3.63, 3.8) is 0 Å². The number of allylic oxidation sites excluding steroid dienone is 1. The molecule has 174 valence electrons. The standard InChI is InChI=1S/C28H28N2O4/c1-16-8-10-17(11-9-16)18-12-22-26(23(31)13-18)27(30-21-7-5-4-6-20(21)29-22)19-14-24(33-2)28(32)25(15-19)34-3/h4-12,14-15,18,26-27,29-30,32H,13H2,1-3H3. The van der Waals surface area contributed by atoms with Crippen molar-refractivity contribution in [2.75, 3.05) is 24.9 Å². The number of methoxy groups -OCH3 is 2. The van der Waals surface area contributed by atoms with E-state index in [0.29, 0.717) is 17.9 Å². The van der Waals surface area contributed by atoms with Gasteiger partial charge in [0.05, 0.1) is 37.6 Å². The van der Waals surface area contributed by atoms with Crippen LogP contribution in [0.15, 0.2) is 72.4 Å². The van der Waals surface area contributed by atoms with Gasteiger partial charge in [-0.05, 0) is 42.3 Å². The summed E-state index contributed by atoms with van der Waals surface area (Å²) in [5, 5.41) is 17.5. The van der Waals surface area contributed by atoms with Crippen LogP contribution in [0.25, 0.3) is 0 Å². The lowest BCUT2D eigenvalue weighted by atomic mass is 9.76. The zero-order chi connectivity index (χ0) is 23.8. The Bertz CT molecular complexity index is 1240. The molecule has 3 N–H and O–H groups in total. The summed E-state index contributed by atoms with van der Waals surface area (Å²) in [4.78, 5) is 13.7. The lowest BCUT2D eigenvalue weighted by Crippen LogP contribution is -2.33. The Morgan fingerprint density at radius 1 is 0.912 bits per heavy atom. The van der Waals surface area contributed by atoms with E-state index in [1.807, 2.05) is 24.3 Å². The monoisotopic (exact) mass is 456 g/mol. The number of ketones is 1. The number of carbonyl (C=O) groups is 1. The van der Waals surface area contributed by atoms with E-state index in [1.165, 1.54) is 19.8 Å². The van der Waals surface area contributed by atoms with E-state index in [9.17, 15) is 9.90 Å². The second kappa shape index (κ2) is 8.78. The van der Waals surface area contributed by atoms with Gasteiger partial charge in [0.1, 0.15) is 5.78 Å². The van der Waals surface area contributed by atoms with E-state index in [-0.39, 0.29) is 23.5 Å². The summed E-state index contributed by atoms with van der Waals surface area (Å²) in [6.45, 7) is 2.06. The predicted molar refractivity (Wildman–Crippen MR) is 133 cm³/mol. The van der Waals surface area contributed by atoms with Gasteiger partial charge in [0.2, 0.25) is 5.75 Å². The molecule has 3 unspecified atom stereocenters. The van der Waals surface area contributed by atoms with Crippen molar-refractivity contribution in [1.82, 2.24) is 0 Å². The fourth-order valence-electron chi connectivity index (χ4n) is 4.90. The van der Waals surface area contributed by atoms with Gasteiger partial charge in [0.25, 0.3) is 0 Å². The molecule has 0 saturated heterocycles. The number of anilines is 2. The predicted octanol–water partition coefficient (Wildman–Crippen LogP) is 5.55. The maximum absolute atomic E-state index is 13.7. The molecule has 0 fully saturated rings. The number of nitrogens with one attached hydrogen (secondary N) is 2. The van der Waals surface area contributed by atoms with Gasteiger partial charge in [-0.2, -0.15) is 0 Å². The largest absolute Gasteiger partial charge is 0.502 e. The van der Waals surface area contributed by atoms with E-state index in [0.717, 1.165) is 28.2 Å². The first-order valence-electron chi connectivity index (χ1n) is 11.4. The van der Waals surface area contributed by atoms with Gasteiger partial charge >= 0.3 is 0 Å². The zero-order valence-corrected chi connectivity index (χ0v) is 19.5. The number of phenolic OH excluding ortho intramolecular Hbond substituents is 1. The fourth-order valence-corrected chi connectivity index (χ4v) is 4.90. The molecule has 6 nitrogen and oxygen atoms in total. The van der Waals surface area contributed by atoms with Crippen molar-refractivity contribution in [3.8, 4) is 17.2 Å². The summed E-state index contributed by atoms with van der Waals surface area (Å²) >= 11 is 0. The minimum Gasteiger partial charge on any atom is -0.502 e. The number of rotatable bonds is 4. The Morgan fingerprint density at radius 2 is 1.56 bits per heavy atom. The smallest absolute Gasteiger partial charge is 0.200 e. The normalized spacial score (nSPS) is 21.2. The van der Waals surface area contributed by atoms with Crippen LogP contribution in [0, 0.1) is 12.8 Å². The highest BCUT2D eigenvalue weighted by Gasteiger charge is 2.40. The minimum absolute atomic E-state index is 0.00153. The molecule has 5 rings (SSSR count). The maximum atomic E-state index is 13.7. The summed E-state index contributed by atoms with van der Waals surface area (Å²) in [5.41, 5.74) is 5.79. The summed E-state index contributed by atoms with van der Waals surface area (Å²) < 4.78 is 10.8. The highest BCUT2D eigenvalue weighted by molar-refractivity contribution is 5.90. The Kier molecular flexibility index (Phi) is 5.65. The van der Waals surface area contributed by atoms with Crippen molar-refractivity contribution >= 4 is 17.2 Å². The number of phenols is 1. The van der Waals surface area contributed by atoms with Crippen molar-refractivity contribution in [1.29, 1.82) is 0 Å². The Balaban J connectivity index is 1.64. The number of aromatic hydroxyl groups is 1. The SMILES string of the molecule is COc1cc(C2Nc3ccccc3NC3=CC(c4ccc(C)cc4)CC(=O)C32)cc(OC)c1O. The van der Waals surface area contributed by atoms with Gasteiger partial charge in [0.15, 0.2) is 11.5 Å². The molecular formula is C28H28N2O4. The topological polar surface area (TPSA) is 79.8 Å². The minimum atomic E-state index is -0.437. The first-order chi connectivity index (χ1) is 16.5. The van der Waals surface area contributed by atoms with Gasteiger partial charge in [-0.25, -0.2) is 0 Å². The quantitative estimate of drug-likeness (QED) is 0.477. The molecule has 34 heavy (non-hydrogen) atoms. The highest BCUT2D eigenvalue weighted by Crippen LogP contribution is 2.47. The molecule has 1 aliphatic heterocycles. The molecule has 0 saturated carbocycles. The second-order valence-corrected chi connectivity index (χ2v) is 8.85. The van der Waals surface area contributed by atoms with E-state index < -0.39 is 5.92 Å². The summed E-state index contributed by atoms with van der Waals surface area (Å²) in [7, 11) is 3.00. The average Bonchev–Trinajstić information content (AvgIpc) is 3.01. The number of Topliss-reactive ketones (excluding diaryl/α,β-unsaturated/α-hetero) is 1. The third kappa shape index (κ3) is 3.85. The molecule has 3 atom stereocenters. The van der Waals surface area contributed by atoms with Gasteiger partial charge in [-0.3, -0.25) is 4.79 Å². The van der Waals surface area contributed by atoms with Crippen LogP contribution in [-0.4, -0.2) is 25.1 Å². The van der Waals surface area contributed by atoms with Gasteiger partial charge < -0.3 is 25.2 Å². The maximum Gasteiger partial charge on any atom is 0.200 e. The number of aryl methyl sites for hydroxylation is 1. The Morgan fingerprint density at radius 3 is 2.21 bits per heavy atom. The summed E-state index contributed by atoms with van der Waals surface area (Å²) in [6.07, 6.45) is 2.60. The molecule has 1 aliphatic carbocycles. The molecule has 2 aliphatic rings. The van der Waals surface area contributed by atoms with Crippen LogP contribution >= 0.6 is 0 Å². The molecule has 6 heteroatoms. The third-order valence-electron chi connectivity index (χ3n) is 6.70. The number of hydrogen-bond acceptors (Lipinski definition) is 6. The van der Waals surface area contributed by atoms with Crippen molar-refractivity contribution in [2.45, 2.75) is 25.3 Å². The molecule has 0 amide bonds. The molecular weight excluding hydrogens is 428 g/mol. The summed E-state index contributed by atoms with van der Waals surface area (Å²) in [6, 6.07) is 19.4. The third-order valence-corrected chi connectivity index (χ3v) is 6.70. The van der Waals surface area contributed by atoms with Gasteiger partial charge in [-0.15, -0.1) is 0 Å². The molecule has 0 bridgehead atoms. The van der Waals surface area contributed by atoms with Crippen LogP contribution < -0.4 is 20.1 Å². The molecule has 3 aromatic rings. The lowest BCUT2D eigenvalue weighted by Gasteiger charge is -2.33. The number of fused-ring (bicyclic) bond motifs is 2. The molecule has 0 aromatic heterocycles. The van der Waals surface area contributed by atoms with E-state index >= 15 is 0 Å². The van der Waals surface area contributed by atoms with E-state index in [2.05, 4.69) is 47.9 Å².